The Bertz CT molecular complexity index is 715. The van der Waals surface area contributed by atoms with Gasteiger partial charge in [0.15, 0.2) is 0 Å². The van der Waals surface area contributed by atoms with E-state index in [1.165, 1.54) is 19.2 Å². The molecule has 0 aliphatic carbocycles. The Labute approximate surface area is 121 Å². The number of hydrogen-bond donors (Lipinski definition) is 1. The van der Waals surface area contributed by atoms with E-state index in [4.69, 9.17) is 10.5 Å². The number of nitrogen functional groups attached to an aromatic ring is 1. The summed E-state index contributed by atoms with van der Waals surface area (Å²) in [7, 11) is 1.54. The van der Waals surface area contributed by atoms with E-state index in [2.05, 4.69) is 0 Å². The second-order valence-electron chi connectivity index (χ2n) is 4.93. The van der Waals surface area contributed by atoms with Crippen LogP contribution in [0.1, 0.15) is 15.9 Å². The first-order valence-electron chi connectivity index (χ1n) is 6.64. The van der Waals surface area contributed by atoms with Gasteiger partial charge in [0.05, 0.1) is 18.4 Å². The number of nitrogens with zero attached hydrogens (tertiary/aromatic N) is 1. The zero-order chi connectivity index (χ0) is 15.0. The third-order valence-corrected chi connectivity index (χ3v) is 3.68. The number of methoxy groups -OCH3 is 1. The molecule has 1 amide bonds. The lowest BCUT2D eigenvalue weighted by molar-refractivity contribution is 0.0990. The third-order valence-electron chi connectivity index (χ3n) is 3.68. The Kier molecular flexibility index (Phi) is 3.25. The first-order valence-corrected chi connectivity index (χ1v) is 6.64. The maximum absolute atomic E-state index is 13.4. The van der Waals surface area contributed by atoms with Crippen LogP contribution in [0.2, 0.25) is 0 Å². The van der Waals surface area contributed by atoms with Gasteiger partial charge in [0, 0.05) is 18.3 Å². The number of fused-ring (bicyclic) bond motifs is 1. The number of benzene rings is 2. The van der Waals surface area contributed by atoms with Gasteiger partial charge in [-0.3, -0.25) is 4.79 Å². The summed E-state index contributed by atoms with van der Waals surface area (Å²) in [5.41, 5.74) is 8.25. The molecule has 0 fully saturated rings. The van der Waals surface area contributed by atoms with Gasteiger partial charge in [0.2, 0.25) is 0 Å². The Morgan fingerprint density at radius 2 is 2.10 bits per heavy atom. The molecular weight excluding hydrogens is 271 g/mol. The topological polar surface area (TPSA) is 55.6 Å². The minimum Gasteiger partial charge on any atom is -0.497 e. The van der Waals surface area contributed by atoms with Gasteiger partial charge >= 0.3 is 0 Å². The zero-order valence-electron chi connectivity index (χ0n) is 11.6. The van der Waals surface area contributed by atoms with Crippen molar-refractivity contribution in [2.75, 3.05) is 24.3 Å². The monoisotopic (exact) mass is 286 g/mol. The minimum atomic E-state index is -0.351. The van der Waals surface area contributed by atoms with E-state index < -0.39 is 0 Å². The molecule has 0 radical (unpaired) electrons. The lowest BCUT2D eigenvalue weighted by Crippen LogP contribution is -2.29. The van der Waals surface area contributed by atoms with Crippen molar-refractivity contribution in [3.05, 3.63) is 53.3 Å². The molecule has 0 saturated carbocycles. The molecule has 4 nitrogen and oxygen atoms in total. The lowest BCUT2D eigenvalue weighted by atomic mass is 10.1. The highest BCUT2D eigenvalue weighted by Gasteiger charge is 2.27. The normalized spacial score (nSPS) is 13.1. The van der Waals surface area contributed by atoms with E-state index in [0.717, 1.165) is 12.0 Å². The van der Waals surface area contributed by atoms with Crippen molar-refractivity contribution < 1.29 is 13.9 Å². The number of anilines is 2. The van der Waals surface area contributed by atoms with Gasteiger partial charge < -0.3 is 15.4 Å². The Morgan fingerprint density at radius 1 is 1.29 bits per heavy atom. The summed E-state index contributed by atoms with van der Waals surface area (Å²) < 4.78 is 18.5. The first-order chi connectivity index (χ1) is 10.1. The average Bonchev–Trinajstić information content (AvgIpc) is 2.89. The van der Waals surface area contributed by atoms with Crippen LogP contribution in [0.3, 0.4) is 0 Å². The molecule has 108 valence electrons. The Balaban J connectivity index is 1.96. The summed E-state index contributed by atoms with van der Waals surface area (Å²) in [6, 6.07) is 9.44. The number of nitrogens with two attached hydrogens (primary N) is 1. The van der Waals surface area contributed by atoms with E-state index in [1.54, 1.807) is 29.2 Å². The highest BCUT2D eigenvalue weighted by Crippen LogP contribution is 2.31. The number of carbonyl (C=O) groups is 1. The fraction of sp³-hybridized carbons (Fsp3) is 0.188. The molecule has 1 aliphatic heterocycles. The molecule has 1 heterocycles. The Morgan fingerprint density at radius 3 is 2.81 bits per heavy atom. The minimum absolute atomic E-state index is 0.223. The molecule has 0 saturated heterocycles. The van der Waals surface area contributed by atoms with Crippen molar-refractivity contribution in [1.82, 2.24) is 0 Å². The predicted molar refractivity (Wildman–Crippen MR) is 79.2 cm³/mol. The summed E-state index contributed by atoms with van der Waals surface area (Å²) in [6.45, 7) is 0.531. The SMILES string of the molecule is COc1ccc(C(=O)N2CCc3ccc(F)cc32)c(N)c1. The molecule has 2 N–H and O–H groups in total. The van der Waals surface area contributed by atoms with Crippen molar-refractivity contribution >= 4 is 17.3 Å². The molecule has 0 atom stereocenters. The second kappa shape index (κ2) is 5.09. The van der Waals surface area contributed by atoms with Gasteiger partial charge in [-0.05, 0) is 36.2 Å². The number of amides is 1. The standard InChI is InChI=1S/C16H15FN2O2/c1-21-12-4-5-13(14(18)9-12)16(20)19-7-6-10-2-3-11(17)8-15(10)19/h2-5,8-9H,6-7,18H2,1H3. The largest absolute Gasteiger partial charge is 0.497 e. The quantitative estimate of drug-likeness (QED) is 0.863. The summed E-state index contributed by atoms with van der Waals surface area (Å²) >= 11 is 0. The number of rotatable bonds is 2. The second-order valence-corrected chi connectivity index (χ2v) is 4.93. The molecular formula is C16H15FN2O2. The van der Waals surface area contributed by atoms with Crippen LogP contribution in [0.25, 0.3) is 0 Å². The van der Waals surface area contributed by atoms with Crippen molar-refractivity contribution in [2.45, 2.75) is 6.42 Å². The van der Waals surface area contributed by atoms with Crippen LogP contribution in [-0.2, 0) is 6.42 Å². The summed E-state index contributed by atoms with van der Waals surface area (Å²) in [5, 5.41) is 0. The van der Waals surface area contributed by atoms with Crippen LogP contribution < -0.4 is 15.4 Å². The smallest absolute Gasteiger partial charge is 0.260 e. The maximum Gasteiger partial charge on any atom is 0.260 e. The van der Waals surface area contributed by atoms with Gasteiger partial charge in [0.1, 0.15) is 11.6 Å². The molecule has 0 unspecified atom stereocenters. The van der Waals surface area contributed by atoms with Crippen LogP contribution >= 0.6 is 0 Å². The summed E-state index contributed by atoms with van der Waals surface area (Å²) in [5.74, 6) is 0.0209. The van der Waals surface area contributed by atoms with Crippen molar-refractivity contribution in [3.8, 4) is 5.75 Å². The molecule has 2 aromatic carbocycles. The predicted octanol–water partition coefficient (Wildman–Crippen LogP) is 2.62. The van der Waals surface area contributed by atoms with E-state index >= 15 is 0 Å². The van der Waals surface area contributed by atoms with Crippen molar-refractivity contribution in [1.29, 1.82) is 0 Å². The van der Waals surface area contributed by atoms with E-state index in [9.17, 15) is 9.18 Å². The lowest BCUT2D eigenvalue weighted by Gasteiger charge is -2.18. The average molecular weight is 286 g/mol. The van der Waals surface area contributed by atoms with E-state index in [1.807, 2.05) is 0 Å². The molecule has 0 spiro atoms. The van der Waals surface area contributed by atoms with Crippen molar-refractivity contribution in [3.63, 3.8) is 0 Å². The van der Waals surface area contributed by atoms with E-state index in [-0.39, 0.29) is 11.7 Å². The third kappa shape index (κ3) is 2.31. The molecule has 1 aliphatic rings. The number of ether oxygens (including phenoxy) is 1. The molecule has 0 bridgehead atoms. The van der Waals surface area contributed by atoms with Crippen molar-refractivity contribution in [2.24, 2.45) is 0 Å². The van der Waals surface area contributed by atoms with Crippen LogP contribution in [0.4, 0.5) is 15.8 Å². The van der Waals surface area contributed by atoms with Gasteiger partial charge in [-0.2, -0.15) is 0 Å². The number of carbonyl (C=O) groups excluding carboxylic acids is 1. The van der Waals surface area contributed by atoms with Gasteiger partial charge in [0.25, 0.3) is 5.91 Å². The van der Waals surface area contributed by atoms with Crippen LogP contribution in [0.15, 0.2) is 36.4 Å². The van der Waals surface area contributed by atoms with Gasteiger partial charge in [-0.1, -0.05) is 6.07 Å². The van der Waals surface area contributed by atoms with Crippen LogP contribution in [-0.4, -0.2) is 19.6 Å². The Hall–Kier alpha value is -2.56. The fourth-order valence-electron chi connectivity index (χ4n) is 2.57. The molecule has 0 aromatic heterocycles. The first kappa shape index (κ1) is 13.4. The van der Waals surface area contributed by atoms with Crippen LogP contribution in [0.5, 0.6) is 5.75 Å². The highest BCUT2D eigenvalue weighted by atomic mass is 19.1. The fourth-order valence-corrected chi connectivity index (χ4v) is 2.57. The maximum atomic E-state index is 13.4. The molecule has 2 aromatic rings. The van der Waals surface area contributed by atoms with E-state index in [0.29, 0.717) is 29.2 Å². The summed E-state index contributed by atoms with van der Waals surface area (Å²) in [4.78, 5) is 14.2. The van der Waals surface area contributed by atoms with Gasteiger partial charge in [-0.15, -0.1) is 0 Å². The molecule has 21 heavy (non-hydrogen) atoms. The summed E-state index contributed by atoms with van der Waals surface area (Å²) in [6.07, 6.45) is 0.720. The number of hydrogen-bond acceptors (Lipinski definition) is 3. The molecule has 5 heteroatoms. The molecule has 3 rings (SSSR count). The van der Waals surface area contributed by atoms with Gasteiger partial charge in [-0.25, -0.2) is 4.39 Å². The number of halogens is 1. The van der Waals surface area contributed by atoms with Crippen LogP contribution in [0, 0.1) is 5.82 Å². The highest BCUT2D eigenvalue weighted by molar-refractivity contribution is 6.10. The zero-order valence-corrected chi connectivity index (χ0v) is 11.6.